The number of amides is 1. The Morgan fingerprint density at radius 3 is 2.65 bits per heavy atom. The van der Waals surface area contributed by atoms with Crippen LogP contribution >= 0.6 is 0 Å². The van der Waals surface area contributed by atoms with Crippen LogP contribution in [-0.2, 0) is 9.53 Å². The number of unbranched alkanes of at least 4 members (excludes halogenated alkanes) is 1. The largest absolute Gasteiger partial charge is 0.369 e. The second-order valence-corrected chi connectivity index (χ2v) is 5.05. The van der Waals surface area contributed by atoms with E-state index in [9.17, 15) is 4.79 Å². The fourth-order valence-corrected chi connectivity index (χ4v) is 2.28. The van der Waals surface area contributed by atoms with E-state index in [-0.39, 0.29) is 17.6 Å². The van der Waals surface area contributed by atoms with Crippen LogP contribution in [0.3, 0.4) is 0 Å². The van der Waals surface area contributed by atoms with Crippen LogP contribution in [0.4, 0.5) is 0 Å². The van der Waals surface area contributed by atoms with Crippen LogP contribution in [0.25, 0.3) is 0 Å². The number of nitrogens with one attached hydrogen (secondary N) is 1. The van der Waals surface area contributed by atoms with Crippen LogP contribution in [0.1, 0.15) is 52.4 Å². The number of rotatable bonds is 7. The lowest BCUT2D eigenvalue weighted by Crippen LogP contribution is -2.54. The predicted octanol–water partition coefficient (Wildman–Crippen LogP) is 1.58. The van der Waals surface area contributed by atoms with Crippen molar-refractivity contribution in [2.75, 3.05) is 13.2 Å². The van der Waals surface area contributed by atoms with Crippen molar-refractivity contribution in [2.45, 2.75) is 64.0 Å². The highest BCUT2D eigenvalue weighted by molar-refractivity contribution is 5.81. The fraction of sp³-hybridized carbons (Fsp3) is 0.923. The van der Waals surface area contributed by atoms with Gasteiger partial charge < -0.3 is 15.8 Å². The second-order valence-electron chi connectivity index (χ2n) is 5.05. The quantitative estimate of drug-likeness (QED) is 0.666. The lowest BCUT2D eigenvalue weighted by Gasteiger charge is -2.30. The van der Waals surface area contributed by atoms with Crippen molar-refractivity contribution >= 4 is 5.91 Å². The Balaban J connectivity index is 2.36. The zero-order valence-corrected chi connectivity index (χ0v) is 11.1. The average Bonchev–Trinajstić information content (AvgIpc) is 2.78. The molecule has 1 aliphatic rings. The molecule has 0 bridgehead atoms. The van der Waals surface area contributed by atoms with Crippen LogP contribution < -0.4 is 11.1 Å². The van der Waals surface area contributed by atoms with Crippen molar-refractivity contribution in [1.29, 1.82) is 0 Å². The number of carbonyl (C=O) groups is 1. The van der Waals surface area contributed by atoms with Crippen molar-refractivity contribution in [1.82, 2.24) is 5.32 Å². The number of hydrogen-bond donors (Lipinski definition) is 2. The minimum Gasteiger partial charge on any atom is -0.369 e. The first-order valence-corrected chi connectivity index (χ1v) is 6.77. The van der Waals surface area contributed by atoms with Gasteiger partial charge in [-0.15, -0.1) is 0 Å². The maximum Gasteiger partial charge on any atom is 0.249 e. The van der Waals surface area contributed by atoms with E-state index in [0.717, 1.165) is 38.5 Å². The van der Waals surface area contributed by atoms with Crippen molar-refractivity contribution in [3.63, 3.8) is 0 Å². The van der Waals surface area contributed by atoms with Gasteiger partial charge in [-0.3, -0.25) is 4.79 Å². The zero-order valence-electron chi connectivity index (χ0n) is 11.1. The third-order valence-corrected chi connectivity index (χ3v) is 3.57. The molecule has 0 aliphatic heterocycles. The third-order valence-electron chi connectivity index (χ3n) is 3.57. The van der Waals surface area contributed by atoms with Crippen LogP contribution in [0, 0.1) is 0 Å². The summed E-state index contributed by atoms with van der Waals surface area (Å²) in [6, 6.07) is 0. The second kappa shape index (κ2) is 6.97. The zero-order chi connectivity index (χ0) is 12.7. The number of carbonyl (C=O) groups excluding carboxylic acids is 1. The topological polar surface area (TPSA) is 64.3 Å². The van der Waals surface area contributed by atoms with Gasteiger partial charge in [-0.2, -0.15) is 0 Å². The fourth-order valence-electron chi connectivity index (χ4n) is 2.28. The molecular weight excluding hydrogens is 216 g/mol. The van der Waals surface area contributed by atoms with E-state index in [2.05, 4.69) is 12.2 Å². The van der Waals surface area contributed by atoms with E-state index in [0.29, 0.717) is 13.2 Å². The van der Waals surface area contributed by atoms with Gasteiger partial charge in [0, 0.05) is 13.2 Å². The standard InChI is InChI=1S/C13H26N2O2/c1-3-4-9-17-11(2)12(16)15-13(10-14)7-5-6-8-13/h11H,3-10,14H2,1-2H3,(H,15,16). The molecule has 0 radical (unpaired) electrons. The molecule has 0 spiro atoms. The molecule has 100 valence electrons. The van der Waals surface area contributed by atoms with E-state index in [1.807, 2.05) is 6.92 Å². The van der Waals surface area contributed by atoms with Crippen molar-refractivity contribution < 1.29 is 9.53 Å². The molecule has 3 N–H and O–H groups in total. The monoisotopic (exact) mass is 242 g/mol. The van der Waals surface area contributed by atoms with Gasteiger partial charge >= 0.3 is 0 Å². The van der Waals surface area contributed by atoms with Gasteiger partial charge in [-0.1, -0.05) is 26.2 Å². The first-order chi connectivity index (χ1) is 8.13. The Bertz CT molecular complexity index is 238. The molecule has 0 aromatic heterocycles. The van der Waals surface area contributed by atoms with Crippen molar-refractivity contribution in [3.05, 3.63) is 0 Å². The van der Waals surface area contributed by atoms with Gasteiger partial charge in [0.25, 0.3) is 0 Å². The van der Waals surface area contributed by atoms with Gasteiger partial charge in [0.2, 0.25) is 5.91 Å². The highest BCUT2D eigenvalue weighted by atomic mass is 16.5. The Hall–Kier alpha value is -0.610. The molecular formula is C13H26N2O2. The lowest BCUT2D eigenvalue weighted by molar-refractivity contribution is -0.133. The Morgan fingerprint density at radius 1 is 1.47 bits per heavy atom. The summed E-state index contributed by atoms with van der Waals surface area (Å²) in [5.74, 6) is -0.0200. The molecule has 1 unspecified atom stereocenters. The number of ether oxygens (including phenoxy) is 1. The number of nitrogens with two attached hydrogens (primary N) is 1. The molecule has 4 heteroatoms. The van der Waals surface area contributed by atoms with Crippen LogP contribution in [0.2, 0.25) is 0 Å². The molecule has 1 saturated carbocycles. The molecule has 1 amide bonds. The summed E-state index contributed by atoms with van der Waals surface area (Å²) in [5.41, 5.74) is 5.62. The van der Waals surface area contributed by atoms with Crippen molar-refractivity contribution in [3.8, 4) is 0 Å². The molecule has 0 heterocycles. The average molecular weight is 242 g/mol. The Kier molecular flexibility index (Phi) is 5.92. The van der Waals surface area contributed by atoms with E-state index in [4.69, 9.17) is 10.5 Å². The van der Waals surface area contributed by atoms with Crippen LogP contribution in [0.5, 0.6) is 0 Å². The van der Waals surface area contributed by atoms with Gasteiger partial charge in [0.1, 0.15) is 6.10 Å². The normalized spacial score (nSPS) is 20.2. The van der Waals surface area contributed by atoms with Crippen molar-refractivity contribution in [2.24, 2.45) is 5.73 Å². The predicted molar refractivity (Wildman–Crippen MR) is 68.7 cm³/mol. The summed E-state index contributed by atoms with van der Waals surface area (Å²) >= 11 is 0. The molecule has 0 saturated heterocycles. The smallest absolute Gasteiger partial charge is 0.249 e. The van der Waals surface area contributed by atoms with E-state index in [1.54, 1.807) is 0 Å². The Morgan fingerprint density at radius 2 is 2.12 bits per heavy atom. The lowest BCUT2D eigenvalue weighted by atomic mass is 9.97. The van der Waals surface area contributed by atoms with Gasteiger partial charge in [-0.25, -0.2) is 0 Å². The highest BCUT2D eigenvalue weighted by Gasteiger charge is 2.34. The van der Waals surface area contributed by atoms with Crippen LogP contribution in [0.15, 0.2) is 0 Å². The molecule has 17 heavy (non-hydrogen) atoms. The molecule has 1 rings (SSSR count). The Labute approximate surface area is 104 Å². The molecule has 1 fully saturated rings. The van der Waals surface area contributed by atoms with E-state index >= 15 is 0 Å². The van der Waals surface area contributed by atoms with E-state index < -0.39 is 0 Å². The molecule has 0 aromatic rings. The minimum absolute atomic E-state index is 0.0200. The van der Waals surface area contributed by atoms with Gasteiger partial charge in [0.15, 0.2) is 0 Å². The summed E-state index contributed by atoms with van der Waals surface area (Å²) < 4.78 is 5.49. The molecule has 1 aliphatic carbocycles. The third kappa shape index (κ3) is 4.28. The number of hydrogen-bond acceptors (Lipinski definition) is 3. The SMILES string of the molecule is CCCCOC(C)C(=O)NC1(CN)CCCC1. The summed E-state index contributed by atoms with van der Waals surface area (Å²) in [6.45, 7) is 5.10. The summed E-state index contributed by atoms with van der Waals surface area (Å²) in [4.78, 5) is 12.0. The highest BCUT2D eigenvalue weighted by Crippen LogP contribution is 2.28. The van der Waals surface area contributed by atoms with E-state index in [1.165, 1.54) is 0 Å². The maximum atomic E-state index is 12.0. The van der Waals surface area contributed by atoms with Gasteiger partial charge in [0.05, 0.1) is 5.54 Å². The van der Waals surface area contributed by atoms with Crippen LogP contribution in [-0.4, -0.2) is 30.7 Å². The minimum atomic E-state index is -0.370. The molecule has 4 nitrogen and oxygen atoms in total. The summed E-state index contributed by atoms with van der Waals surface area (Å²) in [7, 11) is 0. The molecule has 1 atom stereocenters. The summed E-state index contributed by atoms with van der Waals surface area (Å²) in [5, 5.41) is 3.08. The first-order valence-electron chi connectivity index (χ1n) is 6.77. The maximum absolute atomic E-state index is 12.0. The van der Waals surface area contributed by atoms with Gasteiger partial charge in [-0.05, 0) is 26.2 Å². The first kappa shape index (κ1) is 14.5. The molecule has 0 aromatic carbocycles. The summed E-state index contributed by atoms with van der Waals surface area (Å²) in [6.07, 6.45) is 6.02.